The average Bonchev–Trinajstić information content (AvgIpc) is 2.44. The third-order valence-corrected chi connectivity index (χ3v) is 3.80. The molecule has 0 saturated heterocycles. The molecule has 0 fully saturated rings. The third-order valence-electron chi connectivity index (χ3n) is 2.89. The van der Waals surface area contributed by atoms with Gasteiger partial charge < -0.3 is 15.5 Å². The molecule has 21 heavy (non-hydrogen) atoms. The summed E-state index contributed by atoms with van der Waals surface area (Å²) in [7, 11) is 0. The minimum absolute atomic E-state index is 0.263. The van der Waals surface area contributed by atoms with Gasteiger partial charge in [-0.05, 0) is 25.3 Å². The molecule has 0 aliphatic heterocycles. The van der Waals surface area contributed by atoms with Gasteiger partial charge in [-0.1, -0.05) is 12.1 Å². The number of benzene rings is 1. The van der Waals surface area contributed by atoms with Crippen LogP contribution in [-0.4, -0.2) is 50.3 Å². The Bertz CT molecular complexity index is 661. The molecule has 2 aromatic rings. The van der Waals surface area contributed by atoms with Gasteiger partial charge in [0.05, 0.1) is 11.1 Å². The molecule has 2 rings (SSSR count). The minimum atomic E-state index is -1.18. The molecule has 0 radical (unpaired) electrons. The van der Waals surface area contributed by atoms with Crippen LogP contribution in [0.2, 0.25) is 0 Å². The number of fused-ring (bicyclic) bond motifs is 1. The summed E-state index contributed by atoms with van der Waals surface area (Å²) in [6.45, 7) is 1.99. The predicted molar refractivity (Wildman–Crippen MR) is 84.0 cm³/mol. The first kappa shape index (κ1) is 15.5. The zero-order valence-electron chi connectivity index (χ0n) is 11.8. The Morgan fingerprint density at radius 2 is 2.10 bits per heavy atom. The van der Waals surface area contributed by atoms with E-state index in [2.05, 4.69) is 15.3 Å². The van der Waals surface area contributed by atoms with Crippen LogP contribution in [0.5, 0.6) is 0 Å². The average molecular weight is 307 g/mol. The fourth-order valence-corrected chi connectivity index (χ4v) is 2.67. The molecule has 112 valence electrons. The van der Waals surface area contributed by atoms with E-state index in [0.717, 1.165) is 5.39 Å². The van der Waals surface area contributed by atoms with E-state index in [1.807, 2.05) is 18.4 Å². The maximum Gasteiger partial charge on any atom is 0.374 e. The number of para-hydroxylation sites is 1. The van der Waals surface area contributed by atoms with Gasteiger partial charge in [0, 0.05) is 17.7 Å². The number of nitrogens with zero attached hydrogens (tertiary/aromatic N) is 2. The van der Waals surface area contributed by atoms with Crippen molar-refractivity contribution in [3.05, 3.63) is 30.1 Å². The second-order valence-electron chi connectivity index (χ2n) is 5.00. The second-order valence-corrected chi connectivity index (χ2v) is 5.87. The molecule has 0 bridgehead atoms. The fraction of sp³-hybridized carbons (Fsp3) is 0.357. The SMILES string of the molecule is CSCC(C)(O)CNc1nc(C(=O)O)nc2ccccc12. The number of anilines is 1. The summed E-state index contributed by atoms with van der Waals surface area (Å²) in [6.07, 6.45) is 1.91. The maximum absolute atomic E-state index is 11.1. The molecule has 1 heterocycles. The van der Waals surface area contributed by atoms with Gasteiger partial charge in [-0.25, -0.2) is 14.8 Å². The molecule has 1 atom stereocenters. The minimum Gasteiger partial charge on any atom is -0.475 e. The van der Waals surface area contributed by atoms with Gasteiger partial charge in [0.25, 0.3) is 0 Å². The molecule has 6 nitrogen and oxygen atoms in total. The van der Waals surface area contributed by atoms with Crippen molar-refractivity contribution in [2.45, 2.75) is 12.5 Å². The van der Waals surface area contributed by atoms with Gasteiger partial charge in [0.15, 0.2) is 0 Å². The van der Waals surface area contributed by atoms with E-state index in [4.69, 9.17) is 5.11 Å². The summed E-state index contributed by atoms with van der Waals surface area (Å²) in [5.74, 6) is -0.464. The van der Waals surface area contributed by atoms with Gasteiger partial charge in [-0.3, -0.25) is 0 Å². The first-order valence-electron chi connectivity index (χ1n) is 6.38. The molecular formula is C14H17N3O3S. The van der Waals surface area contributed by atoms with Crippen molar-refractivity contribution in [3.63, 3.8) is 0 Å². The van der Waals surface area contributed by atoms with E-state index in [-0.39, 0.29) is 12.4 Å². The number of aliphatic hydroxyl groups is 1. The van der Waals surface area contributed by atoms with Crippen molar-refractivity contribution in [3.8, 4) is 0 Å². The summed E-state index contributed by atoms with van der Waals surface area (Å²) in [6, 6.07) is 7.16. The van der Waals surface area contributed by atoms with Gasteiger partial charge >= 0.3 is 5.97 Å². The lowest BCUT2D eigenvalue weighted by Crippen LogP contribution is -2.36. The van der Waals surface area contributed by atoms with Gasteiger partial charge in [0.1, 0.15) is 5.82 Å². The molecule has 0 aliphatic rings. The van der Waals surface area contributed by atoms with Crippen LogP contribution in [0.4, 0.5) is 5.82 Å². The molecular weight excluding hydrogens is 290 g/mol. The standard InChI is InChI=1S/C14H17N3O3S/c1-14(20,8-21-2)7-15-11-9-5-3-4-6-10(9)16-12(17-11)13(18)19/h3-6,20H,7-8H2,1-2H3,(H,18,19)(H,15,16,17). The van der Waals surface area contributed by atoms with Crippen LogP contribution in [-0.2, 0) is 0 Å². The van der Waals surface area contributed by atoms with Crippen molar-refractivity contribution in [2.75, 3.05) is 23.9 Å². The summed E-state index contributed by atoms with van der Waals surface area (Å²) >= 11 is 1.54. The van der Waals surface area contributed by atoms with Crippen LogP contribution in [0.3, 0.4) is 0 Å². The number of hydrogen-bond acceptors (Lipinski definition) is 6. The first-order valence-corrected chi connectivity index (χ1v) is 7.77. The van der Waals surface area contributed by atoms with E-state index in [1.165, 1.54) is 11.8 Å². The normalized spacial score (nSPS) is 13.9. The molecule has 0 amide bonds. The molecule has 0 aliphatic carbocycles. The Hall–Kier alpha value is -1.86. The lowest BCUT2D eigenvalue weighted by Gasteiger charge is -2.23. The zero-order valence-corrected chi connectivity index (χ0v) is 12.6. The van der Waals surface area contributed by atoms with E-state index in [1.54, 1.807) is 19.1 Å². The molecule has 7 heteroatoms. The number of rotatable bonds is 6. The Morgan fingerprint density at radius 1 is 1.38 bits per heavy atom. The molecule has 0 spiro atoms. The highest BCUT2D eigenvalue weighted by molar-refractivity contribution is 7.98. The Kier molecular flexibility index (Phi) is 4.64. The van der Waals surface area contributed by atoms with Gasteiger partial charge in [0.2, 0.25) is 5.82 Å². The highest BCUT2D eigenvalue weighted by atomic mass is 32.2. The third kappa shape index (κ3) is 3.83. The maximum atomic E-state index is 11.1. The number of aromatic carboxylic acids is 1. The van der Waals surface area contributed by atoms with Crippen LogP contribution < -0.4 is 5.32 Å². The number of carboxylic acid groups (broad SMARTS) is 1. The van der Waals surface area contributed by atoms with Crippen molar-refractivity contribution >= 4 is 34.5 Å². The summed E-state index contributed by atoms with van der Waals surface area (Å²) < 4.78 is 0. The lowest BCUT2D eigenvalue weighted by molar-refractivity contribution is 0.0684. The van der Waals surface area contributed by atoms with E-state index in [9.17, 15) is 9.90 Å². The van der Waals surface area contributed by atoms with Crippen molar-refractivity contribution in [1.82, 2.24) is 9.97 Å². The monoisotopic (exact) mass is 307 g/mol. The molecule has 1 aromatic carbocycles. The summed E-state index contributed by atoms with van der Waals surface area (Å²) in [5, 5.41) is 23.0. The predicted octanol–water partition coefficient (Wildman–Crippen LogP) is 1.85. The molecule has 1 aromatic heterocycles. The van der Waals surface area contributed by atoms with E-state index < -0.39 is 11.6 Å². The number of carbonyl (C=O) groups is 1. The molecule has 0 saturated carbocycles. The smallest absolute Gasteiger partial charge is 0.374 e. The van der Waals surface area contributed by atoms with Crippen molar-refractivity contribution in [1.29, 1.82) is 0 Å². The summed E-state index contributed by atoms with van der Waals surface area (Å²) in [5.41, 5.74) is -0.355. The Labute approximate surface area is 126 Å². The van der Waals surface area contributed by atoms with Crippen LogP contribution in [0.15, 0.2) is 24.3 Å². The highest BCUT2D eigenvalue weighted by Gasteiger charge is 2.20. The second kappa shape index (κ2) is 6.28. The van der Waals surface area contributed by atoms with E-state index in [0.29, 0.717) is 17.1 Å². The van der Waals surface area contributed by atoms with Gasteiger partial charge in [-0.2, -0.15) is 11.8 Å². The Balaban J connectivity index is 2.35. The van der Waals surface area contributed by atoms with E-state index >= 15 is 0 Å². The number of hydrogen-bond donors (Lipinski definition) is 3. The molecule has 1 unspecified atom stereocenters. The molecule has 3 N–H and O–H groups in total. The Morgan fingerprint density at radius 3 is 2.76 bits per heavy atom. The van der Waals surface area contributed by atoms with Gasteiger partial charge in [-0.15, -0.1) is 0 Å². The van der Waals surface area contributed by atoms with Crippen LogP contribution in [0, 0.1) is 0 Å². The topological polar surface area (TPSA) is 95.3 Å². The zero-order chi connectivity index (χ0) is 15.5. The number of nitrogens with one attached hydrogen (secondary N) is 1. The highest BCUT2D eigenvalue weighted by Crippen LogP contribution is 2.21. The summed E-state index contributed by atoms with van der Waals surface area (Å²) in [4.78, 5) is 19.1. The largest absolute Gasteiger partial charge is 0.475 e. The quantitative estimate of drug-likeness (QED) is 0.749. The van der Waals surface area contributed by atoms with Crippen molar-refractivity contribution in [2.24, 2.45) is 0 Å². The van der Waals surface area contributed by atoms with Crippen LogP contribution in [0.1, 0.15) is 17.5 Å². The van der Waals surface area contributed by atoms with Crippen molar-refractivity contribution < 1.29 is 15.0 Å². The lowest BCUT2D eigenvalue weighted by atomic mass is 10.1. The fourth-order valence-electron chi connectivity index (χ4n) is 1.94. The first-order chi connectivity index (χ1) is 9.93. The van der Waals surface area contributed by atoms with Crippen LogP contribution in [0.25, 0.3) is 10.9 Å². The van der Waals surface area contributed by atoms with Crippen LogP contribution >= 0.6 is 11.8 Å². The number of carboxylic acids is 1. The number of thioether (sulfide) groups is 1. The number of aromatic nitrogens is 2.